The van der Waals surface area contributed by atoms with Crippen LogP contribution in [-0.4, -0.2) is 40.4 Å². The van der Waals surface area contributed by atoms with Crippen LogP contribution in [0.4, 0.5) is 0 Å². The first kappa shape index (κ1) is 17.5. The SMILES string of the molecule is CC(CO)Cc1cn(C)c2cc3c(cc12)CN(CCOC(C)C)C3. The van der Waals surface area contributed by atoms with E-state index in [0.29, 0.717) is 12.0 Å². The molecule has 24 heavy (non-hydrogen) atoms. The number of aromatic nitrogens is 1. The van der Waals surface area contributed by atoms with Crippen molar-refractivity contribution in [2.24, 2.45) is 13.0 Å². The van der Waals surface area contributed by atoms with Crippen molar-refractivity contribution in [3.05, 3.63) is 35.0 Å². The summed E-state index contributed by atoms with van der Waals surface area (Å²) in [4.78, 5) is 2.46. The van der Waals surface area contributed by atoms with E-state index in [9.17, 15) is 5.11 Å². The molecule has 0 saturated heterocycles. The number of aliphatic hydroxyl groups is 1. The largest absolute Gasteiger partial charge is 0.396 e. The van der Waals surface area contributed by atoms with Gasteiger partial charge in [-0.2, -0.15) is 0 Å². The fourth-order valence-electron chi connectivity index (χ4n) is 3.61. The Morgan fingerprint density at radius 2 is 1.88 bits per heavy atom. The van der Waals surface area contributed by atoms with Gasteiger partial charge in [0.1, 0.15) is 0 Å². The van der Waals surface area contributed by atoms with Crippen LogP contribution in [0.1, 0.15) is 37.5 Å². The highest BCUT2D eigenvalue weighted by Crippen LogP contribution is 2.31. The second kappa shape index (κ2) is 7.26. The molecule has 0 spiro atoms. The third kappa shape index (κ3) is 3.66. The third-order valence-electron chi connectivity index (χ3n) is 4.92. The maximum absolute atomic E-state index is 9.36. The van der Waals surface area contributed by atoms with Gasteiger partial charge >= 0.3 is 0 Å². The Morgan fingerprint density at radius 1 is 1.17 bits per heavy atom. The number of hydrogen-bond acceptors (Lipinski definition) is 3. The lowest BCUT2D eigenvalue weighted by Crippen LogP contribution is -2.23. The lowest BCUT2D eigenvalue weighted by molar-refractivity contribution is 0.0584. The first-order valence-electron chi connectivity index (χ1n) is 9.02. The second-order valence-electron chi connectivity index (χ2n) is 7.53. The van der Waals surface area contributed by atoms with E-state index in [1.807, 2.05) is 0 Å². The Kier molecular flexibility index (Phi) is 5.28. The molecule has 1 unspecified atom stereocenters. The van der Waals surface area contributed by atoms with Gasteiger partial charge in [-0.25, -0.2) is 0 Å². The first-order chi connectivity index (χ1) is 11.5. The molecule has 0 fully saturated rings. The number of aryl methyl sites for hydroxylation is 1. The molecule has 132 valence electrons. The van der Waals surface area contributed by atoms with Crippen molar-refractivity contribution in [2.45, 2.75) is 46.4 Å². The maximum Gasteiger partial charge on any atom is 0.0597 e. The molecule has 4 nitrogen and oxygen atoms in total. The quantitative estimate of drug-likeness (QED) is 0.848. The monoisotopic (exact) mass is 330 g/mol. The molecule has 4 heteroatoms. The zero-order chi connectivity index (χ0) is 17.3. The minimum atomic E-state index is 0.241. The molecule has 1 aliphatic rings. The maximum atomic E-state index is 9.36. The molecule has 2 heterocycles. The Labute approximate surface area is 145 Å². The van der Waals surface area contributed by atoms with Crippen LogP contribution in [0.15, 0.2) is 18.3 Å². The van der Waals surface area contributed by atoms with Gasteiger partial charge in [0, 0.05) is 50.4 Å². The van der Waals surface area contributed by atoms with Gasteiger partial charge in [-0.05, 0) is 55.0 Å². The lowest BCUT2D eigenvalue weighted by Gasteiger charge is -2.15. The van der Waals surface area contributed by atoms with Crippen LogP contribution >= 0.6 is 0 Å². The number of nitrogens with zero attached hydrogens (tertiary/aromatic N) is 2. The number of rotatable bonds is 7. The minimum absolute atomic E-state index is 0.241. The summed E-state index contributed by atoms with van der Waals surface area (Å²) in [5.41, 5.74) is 5.53. The summed E-state index contributed by atoms with van der Waals surface area (Å²) < 4.78 is 7.91. The van der Waals surface area contributed by atoms with Crippen molar-refractivity contribution in [3.8, 4) is 0 Å². The van der Waals surface area contributed by atoms with Gasteiger partial charge in [-0.3, -0.25) is 4.90 Å². The molecule has 3 rings (SSSR count). The number of fused-ring (bicyclic) bond motifs is 2. The topological polar surface area (TPSA) is 37.6 Å². The normalized spacial score (nSPS) is 16.2. The van der Waals surface area contributed by atoms with E-state index in [1.54, 1.807) is 0 Å². The molecule has 0 amide bonds. The highest BCUT2D eigenvalue weighted by Gasteiger charge is 2.21. The Hall–Kier alpha value is -1.36. The van der Waals surface area contributed by atoms with E-state index in [4.69, 9.17) is 4.74 Å². The Bertz CT molecular complexity index is 705. The van der Waals surface area contributed by atoms with Gasteiger partial charge < -0.3 is 14.4 Å². The van der Waals surface area contributed by atoms with E-state index >= 15 is 0 Å². The summed E-state index contributed by atoms with van der Waals surface area (Å²) in [6.07, 6.45) is 3.45. The molecule has 1 N–H and O–H groups in total. The van der Waals surface area contributed by atoms with Crippen molar-refractivity contribution in [1.29, 1.82) is 0 Å². The van der Waals surface area contributed by atoms with Gasteiger partial charge in [-0.1, -0.05) is 6.92 Å². The average Bonchev–Trinajstić information content (AvgIpc) is 3.06. The zero-order valence-corrected chi connectivity index (χ0v) is 15.4. The van der Waals surface area contributed by atoms with Crippen LogP contribution in [0.3, 0.4) is 0 Å². The first-order valence-corrected chi connectivity index (χ1v) is 9.02. The molecule has 2 aromatic rings. The molecular weight excluding hydrogens is 300 g/mol. The standard InChI is InChI=1S/C20H30N2O2/c1-14(2)24-6-5-22-11-16-8-19-18(7-15(3)13-23)10-21(4)20(19)9-17(16)12-22/h8-10,14-15,23H,5-7,11-13H2,1-4H3. The van der Waals surface area contributed by atoms with Gasteiger partial charge in [0.2, 0.25) is 0 Å². The summed E-state index contributed by atoms with van der Waals surface area (Å²) in [7, 11) is 2.12. The number of hydrogen-bond donors (Lipinski definition) is 1. The number of benzene rings is 1. The fraction of sp³-hybridized carbons (Fsp3) is 0.600. The zero-order valence-electron chi connectivity index (χ0n) is 15.4. The molecule has 1 aromatic carbocycles. The molecule has 1 aliphatic heterocycles. The number of ether oxygens (including phenoxy) is 1. The van der Waals surface area contributed by atoms with Crippen molar-refractivity contribution in [1.82, 2.24) is 9.47 Å². The molecule has 0 aliphatic carbocycles. The van der Waals surface area contributed by atoms with Crippen LogP contribution in [-0.2, 0) is 31.3 Å². The van der Waals surface area contributed by atoms with Crippen LogP contribution < -0.4 is 0 Å². The molecule has 1 aromatic heterocycles. The molecule has 0 saturated carbocycles. The van der Waals surface area contributed by atoms with Gasteiger partial charge in [-0.15, -0.1) is 0 Å². The van der Waals surface area contributed by atoms with E-state index in [0.717, 1.165) is 32.7 Å². The summed E-state index contributed by atoms with van der Waals surface area (Å²) in [5.74, 6) is 0.300. The van der Waals surface area contributed by atoms with E-state index < -0.39 is 0 Å². The average molecular weight is 330 g/mol. The van der Waals surface area contributed by atoms with Gasteiger partial charge in [0.15, 0.2) is 0 Å². The molecule has 1 atom stereocenters. The van der Waals surface area contributed by atoms with Gasteiger partial charge in [0.25, 0.3) is 0 Å². The van der Waals surface area contributed by atoms with Gasteiger partial charge in [0.05, 0.1) is 12.7 Å². The van der Waals surface area contributed by atoms with Crippen molar-refractivity contribution in [2.75, 3.05) is 19.8 Å². The molecule has 0 bridgehead atoms. The van der Waals surface area contributed by atoms with Crippen LogP contribution in [0, 0.1) is 5.92 Å². The van der Waals surface area contributed by atoms with Crippen molar-refractivity contribution in [3.63, 3.8) is 0 Å². The van der Waals surface area contributed by atoms with Crippen molar-refractivity contribution >= 4 is 10.9 Å². The van der Waals surface area contributed by atoms with E-state index in [1.165, 1.54) is 27.6 Å². The smallest absolute Gasteiger partial charge is 0.0597 e. The Balaban J connectivity index is 1.78. The Morgan fingerprint density at radius 3 is 2.54 bits per heavy atom. The summed E-state index contributed by atoms with van der Waals surface area (Å²) in [6.45, 7) is 10.3. The summed E-state index contributed by atoms with van der Waals surface area (Å²) >= 11 is 0. The minimum Gasteiger partial charge on any atom is -0.396 e. The predicted octanol–water partition coefficient (Wildman–Crippen LogP) is 3.09. The predicted molar refractivity (Wildman–Crippen MR) is 98.1 cm³/mol. The van der Waals surface area contributed by atoms with E-state index in [2.05, 4.69) is 55.6 Å². The highest BCUT2D eigenvalue weighted by atomic mass is 16.5. The highest BCUT2D eigenvalue weighted by molar-refractivity contribution is 5.85. The van der Waals surface area contributed by atoms with Crippen LogP contribution in [0.5, 0.6) is 0 Å². The van der Waals surface area contributed by atoms with Crippen molar-refractivity contribution < 1.29 is 9.84 Å². The number of aliphatic hydroxyl groups excluding tert-OH is 1. The summed E-state index contributed by atoms with van der Waals surface area (Å²) in [6, 6.07) is 4.72. The van der Waals surface area contributed by atoms with Crippen LogP contribution in [0.2, 0.25) is 0 Å². The molecular formula is C20H30N2O2. The lowest BCUT2D eigenvalue weighted by atomic mass is 9.99. The third-order valence-corrected chi connectivity index (χ3v) is 4.92. The summed E-state index contributed by atoms with van der Waals surface area (Å²) in [5, 5.41) is 10.7. The second-order valence-corrected chi connectivity index (χ2v) is 7.53. The van der Waals surface area contributed by atoms with E-state index in [-0.39, 0.29) is 6.61 Å². The van der Waals surface area contributed by atoms with Crippen LogP contribution in [0.25, 0.3) is 10.9 Å². The fourth-order valence-corrected chi connectivity index (χ4v) is 3.61. The molecule has 0 radical (unpaired) electrons.